The SMILES string of the molecule is C.C=C1CCC(O)C/C1=C/C=C1\CCCC2(C)C1CCC2C(C)CCCC(C)C.CC. The van der Waals surface area contributed by atoms with Crippen molar-refractivity contribution in [2.75, 3.05) is 0 Å². The van der Waals surface area contributed by atoms with E-state index < -0.39 is 0 Å². The third-order valence-corrected chi connectivity index (χ3v) is 8.35. The van der Waals surface area contributed by atoms with Gasteiger partial charge in [-0.15, -0.1) is 0 Å². The molecule has 1 N–H and O–H groups in total. The van der Waals surface area contributed by atoms with E-state index in [4.69, 9.17) is 0 Å². The minimum atomic E-state index is -0.172. The predicted molar refractivity (Wildman–Crippen MR) is 139 cm³/mol. The Labute approximate surface area is 195 Å². The number of hydrogen-bond donors (Lipinski definition) is 1. The van der Waals surface area contributed by atoms with Crippen molar-refractivity contribution >= 4 is 0 Å². The van der Waals surface area contributed by atoms with E-state index in [1.165, 1.54) is 62.5 Å². The zero-order valence-corrected chi connectivity index (χ0v) is 21.0. The van der Waals surface area contributed by atoms with Gasteiger partial charge in [-0.25, -0.2) is 0 Å². The highest BCUT2D eigenvalue weighted by molar-refractivity contribution is 5.36. The Balaban J connectivity index is 0.00000156. The lowest BCUT2D eigenvalue weighted by Crippen LogP contribution is -2.36. The second-order valence-electron chi connectivity index (χ2n) is 10.8. The standard InChI is InChI=1S/C27H44O.C2H6.CH4/c1-19(2)8-6-9-21(4)25-15-16-26-22(10-7-17-27(25,26)5)12-13-23-18-24(28)14-11-20(23)3;1-2;/h12-13,19,21,24-26,28H,3,6-11,14-18H2,1-2,4-5H3;1-2H3;1H4/b22-12+,23-13-;;. The quantitative estimate of drug-likeness (QED) is 0.445. The van der Waals surface area contributed by atoms with Crippen LogP contribution in [0.25, 0.3) is 0 Å². The Kier molecular flexibility index (Phi) is 11.9. The van der Waals surface area contributed by atoms with E-state index in [1.807, 2.05) is 13.8 Å². The number of aliphatic hydroxyl groups is 1. The van der Waals surface area contributed by atoms with Gasteiger partial charge in [0.05, 0.1) is 6.10 Å². The van der Waals surface area contributed by atoms with Gasteiger partial charge in [0.15, 0.2) is 0 Å². The highest BCUT2D eigenvalue weighted by Gasteiger charge is 2.50. The molecule has 0 aromatic rings. The molecule has 5 unspecified atom stereocenters. The lowest BCUT2D eigenvalue weighted by Gasteiger charge is -2.44. The van der Waals surface area contributed by atoms with Crippen molar-refractivity contribution in [1.29, 1.82) is 0 Å². The van der Waals surface area contributed by atoms with Crippen molar-refractivity contribution in [2.24, 2.45) is 29.1 Å². The fourth-order valence-electron chi connectivity index (χ4n) is 6.66. The van der Waals surface area contributed by atoms with Crippen LogP contribution >= 0.6 is 0 Å². The lowest BCUT2D eigenvalue weighted by molar-refractivity contribution is 0.0929. The van der Waals surface area contributed by atoms with Crippen LogP contribution in [-0.4, -0.2) is 11.2 Å². The molecule has 0 bridgehead atoms. The van der Waals surface area contributed by atoms with E-state index in [0.717, 1.165) is 42.9 Å². The largest absolute Gasteiger partial charge is 0.393 e. The number of hydrogen-bond acceptors (Lipinski definition) is 1. The minimum Gasteiger partial charge on any atom is -0.393 e. The van der Waals surface area contributed by atoms with Gasteiger partial charge in [0.25, 0.3) is 0 Å². The first-order valence-corrected chi connectivity index (χ1v) is 13.1. The maximum absolute atomic E-state index is 10.0. The van der Waals surface area contributed by atoms with E-state index >= 15 is 0 Å². The molecular formula is C30H54O. The van der Waals surface area contributed by atoms with Crippen LogP contribution in [0.2, 0.25) is 0 Å². The molecule has 0 aromatic carbocycles. The fraction of sp³-hybridized carbons (Fsp3) is 0.800. The van der Waals surface area contributed by atoms with E-state index in [9.17, 15) is 5.11 Å². The second-order valence-corrected chi connectivity index (χ2v) is 10.8. The molecule has 0 spiro atoms. The fourth-order valence-corrected chi connectivity index (χ4v) is 6.66. The highest BCUT2D eigenvalue weighted by Crippen LogP contribution is 2.59. The third-order valence-electron chi connectivity index (χ3n) is 8.35. The van der Waals surface area contributed by atoms with E-state index in [2.05, 4.69) is 46.4 Å². The number of allylic oxidation sites excluding steroid dienone is 4. The van der Waals surface area contributed by atoms with E-state index in [1.54, 1.807) is 5.57 Å². The summed E-state index contributed by atoms with van der Waals surface area (Å²) in [6, 6.07) is 0. The molecule has 1 heteroatoms. The Morgan fingerprint density at radius 1 is 1.06 bits per heavy atom. The summed E-state index contributed by atoms with van der Waals surface area (Å²) in [6.45, 7) is 18.1. The number of aliphatic hydroxyl groups excluding tert-OH is 1. The second kappa shape index (κ2) is 13.0. The van der Waals surface area contributed by atoms with Crippen LogP contribution in [0.15, 0.2) is 35.5 Å². The third kappa shape index (κ3) is 7.08. The average Bonchev–Trinajstić information content (AvgIpc) is 3.07. The van der Waals surface area contributed by atoms with E-state index in [-0.39, 0.29) is 13.5 Å². The highest BCUT2D eigenvalue weighted by atomic mass is 16.3. The first-order valence-electron chi connectivity index (χ1n) is 13.1. The number of rotatable bonds is 6. The Hall–Kier alpha value is -0.820. The van der Waals surface area contributed by atoms with Crippen LogP contribution in [0.3, 0.4) is 0 Å². The molecule has 0 aromatic heterocycles. The number of fused-ring (bicyclic) bond motifs is 1. The summed E-state index contributed by atoms with van der Waals surface area (Å²) >= 11 is 0. The van der Waals surface area contributed by atoms with Gasteiger partial charge in [-0.05, 0) is 86.0 Å². The Morgan fingerprint density at radius 3 is 2.45 bits per heavy atom. The molecule has 3 fully saturated rings. The van der Waals surface area contributed by atoms with Crippen LogP contribution in [0.1, 0.15) is 120 Å². The molecule has 0 amide bonds. The normalized spacial score (nSPS) is 34.2. The predicted octanol–water partition coefficient (Wildman–Crippen LogP) is 9.28. The van der Waals surface area contributed by atoms with Crippen molar-refractivity contribution in [3.8, 4) is 0 Å². The molecule has 0 radical (unpaired) electrons. The molecule has 3 rings (SSSR count). The van der Waals surface area contributed by atoms with Crippen molar-refractivity contribution in [2.45, 2.75) is 126 Å². The molecule has 0 heterocycles. The molecule has 0 saturated heterocycles. The van der Waals surface area contributed by atoms with Gasteiger partial charge in [0.1, 0.15) is 0 Å². The molecule has 31 heavy (non-hydrogen) atoms. The van der Waals surface area contributed by atoms with Crippen molar-refractivity contribution in [3.05, 3.63) is 35.5 Å². The van der Waals surface area contributed by atoms with Gasteiger partial charge < -0.3 is 5.11 Å². The van der Waals surface area contributed by atoms with Crippen LogP contribution in [0, 0.1) is 29.1 Å². The average molecular weight is 431 g/mol. The zero-order valence-electron chi connectivity index (χ0n) is 21.0. The van der Waals surface area contributed by atoms with Crippen LogP contribution in [0.4, 0.5) is 0 Å². The monoisotopic (exact) mass is 430 g/mol. The summed E-state index contributed by atoms with van der Waals surface area (Å²) in [5.74, 6) is 3.37. The van der Waals surface area contributed by atoms with Crippen LogP contribution in [0.5, 0.6) is 0 Å². The Bertz CT molecular complexity index is 610. The Morgan fingerprint density at radius 2 is 1.77 bits per heavy atom. The van der Waals surface area contributed by atoms with Gasteiger partial charge in [-0.1, -0.05) is 98.1 Å². The molecule has 180 valence electrons. The van der Waals surface area contributed by atoms with Gasteiger partial charge in [0.2, 0.25) is 0 Å². The summed E-state index contributed by atoms with van der Waals surface area (Å²) in [4.78, 5) is 0. The van der Waals surface area contributed by atoms with Gasteiger partial charge in [-0.2, -0.15) is 0 Å². The lowest BCUT2D eigenvalue weighted by atomic mass is 9.60. The summed E-state index contributed by atoms with van der Waals surface area (Å²) in [5.41, 5.74) is 4.72. The van der Waals surface area contributed by atoms with Gasteiger partial charge in [0, 0.05) is 0 Å². The molecule has 5 atom stereocenters. The van der Waals surface area contributed by atoms with Crippen molar-refractivity contribution in [1.82, 2.24) is 0 Å². The van der Waals surface area contributed by atoms with Gasteiger partial charge >= 0.3 is 0 Å². The van der Waals surface area contributed by atoms with Gasteiger partial charge in [-0.3, -0.25) is 0 Å². The van der Waals surface area contributed by atoms with Crippen molar-refractivity contribution in [3.63, 3.8) is 0 Å². The first kappa shape index (κ1) is 28.2. The molecule has 3 aliphatic carbocycles. The van der Waals surface area contributed by atoms with Crippen LogP contribution < -0.4 is 0 Å². The van der Waals surface area contributed by atoms with Crippen molar-refractivity contribution < 1.29 is 5.11 Å². The molecule has 3 aliphatic rings. The summed E-state index contributed by atoms with van der Waals surface area (Å²) in [5, 5.41) is 10.0. The zero-order chi connectivity index (χ0) is 22.3. The molecule has 1 nitrogen and oxygen atoms in total. The van der Waals surface area contributed by atoms with E-state index in [0.29, 0.717) is 5.41 Å². The maximum Gasteiger partial charge on any atom is 0.0583 e. The summed E-state index contributed by atoms with van der Waals surface area (Å²) in [6.07, 6.45) is 18.2. The molecule has 0 aliphatic heterocycles. The smallest absolute Gasteiger partial charge is 0.0583 e. The molecular weight excluding hydrogens is 376 g/mol. The molecule has 3 saturated carbocycles. The van der Waals surface area contributed by atoms with Crippen LogP contribution in [-0.2, 0) is 0 Å². The minimum absolute atomic E-state index is 0. The summed E-state index contributed by atoms with van der Waals surface area (Å²) in [7, 11) is 0. The first-order chi connectivity index (χ1) is 14.3. The summed E-state index contributed by atoms with van der Waals surface area (Å²) < 4.78 is 0. The topological polar surface area (TPSA) is 20.2 Å². The maximum atomic E-state index is 10.0.